The van der Waals surface area contributed by atoms with Crippen LogP contribution in [-0.2, 0) is 6.42 Å². The third-order valence-electron chi connectivity index (χ3n) is 2.81. The summed E-state index contributed by atoms with van der Waals surface area (Å²) in [5, 5.41) is 1.85. The van der Waals surface area contributed by atoms with Gasteiger partial charge in [0.15, 0.2) is 0 Å². The van der Waals surface area contributed by atoms with Gasteiger partial charge >= 0.3 is 0 Å². The highest BCUT2D eigenvalue weighted by atomic mass is 35.5. The molecule has 2 aromatic rings. The maximum Gasteiger partial charge on any atom is 0.127 e. The molecule has 0 aliphatic carbocycles. The molecular weight excluding hydrogens is 220 g/mol. The van der Waals surface area contributed by atoms with E-state index in [1.165, 1.54) is 0 Å². The standard InChI is InChI=1S/C13H15ClN2/c1-3-4-10-7-9-5-6-11(14)8(2)12(9)16-13(10)15/h5-7H,3-4H2,1-2H3,(H2,15,16). The van der Waals surface area contributed by atoms with Gasteiger partial charge in [-0.25, -0.2) is 4.98 Å². The molecule has 0 spiro atoms. The Morgan fingerprint density at radius 2 is 2.12 bits per heavy atom. The van der Waals surface area contributed by atoms with Crippen LogP contribution in [0.25, 0.3) is 10.9 Å². The molecule has 2 nitrogen and oxygen atoms in total. The Morgan fingerprint density at radius 3 is 2.81 bits per heavy atom. The van der Waals surface area contributed by atoms with Crippen molar-refractivity contribution in [3.8, 4) is 0 Å². The van der Waals surface area contributed by atoms with Crippen molar-refractivity contribution in [2.45, 2.75) is 26.7 Å². The van der Waals surface area contributed by atoms with Gasteiger partial charge in [0.2, 0.25) is 0 Å². The highest BCUT2D eigenvalue weighted by Crippen LogP contribution is 2.26. The summed E-state index contributed by atoms with van der Waals surface area (Å²) in [5.74, 6) is 0.625. The topological polar surface area (TPSA) is 38.9 Å². The quantitative estimate of drug-likeness (QED) is 0.860. The van der Waals surface area contributed by atoms with Gasteiger partial charge in [-0.2, -0.15) is 0 Å². The molecule has 1 aromatic heterocycles. The first-order chi connectivity index (χ1) is 7.63. The number of nitrogens with two attached hydrogens (primary N) is 1. The van der Waals surface area contributed by atoms with Crippen molar-refractivity contribution >= 4 is 28.3 Å². The van der Waals surface area contributed by atoms with E-state index in [1.807, 2.05) is 19.1 Å². The number of halogens is 1. The van der Waals surface area contributed by atoms with Crippen LogP contribution >= 0.6 is 11.6 Å². The molecule has 1 heterocycles. The minimum atomic E-state index is 0.625. The smallest absolute Gasteiger partial charge is 0.127 e. The largest absolute Gasteiger partial charge is 0.383 e. The molecule has 0 amide bonds. The fourth-order valence-electron chi connectivity index (χ4n) is 1.88. The lowest BCUT2D eigenvalue weighted by atomic mass is 10.1. The zero-order chi connectivity index (χ0) is 11.7. The first-order valence-electron chi connectivity index (χ1n) is 5.47. The van der Waals surface area contributed by atoms with Crippen LogP contribution in [0.15, 0.2) is 18.2 Å². The molecule has 1 aromatic carbocycles. The van der Waals surface area contributed by atoms with Crippen LogP contribution < -0.4 is 5.73 Å². The SMILES string of the molecule is CCCc1cc2ccc(Cl)c(C)c2nc1N. The Bertz CT molecular complexity index is 535. The second kappa shape index (κ2) is 4.30. The summed E-state index contributed by atoms with van der Waals surface area (Å²) in [6.07, 6.45) is 2.04. The molecule has 0 aliphatic heterocycles. The van der Waals surface area contributed by atoms with Crippen molar-refractivity contribution in [1.82, 2.24) is 4.98 Å². The first kappa shape index (κ1) is 11.2. The van der Waals surface area contributed by atoms with E-state index < -0.39 is 0 Å². The van der Waals surface area contributed by atoms with Crippen molar-refractivity contribution in [2.24, 2.45) is 0 Å². The number of fused-ring (bicyclic) bond motifs is 1. The van der Waals surface area contributed by atoms with E-state index in [2.05, 4.69) is 18.0 Å². The number of aryl methyl sites for hydroxylation is 2. The Morgan fingerprint density at radius 1 is 1.38 bits per heavy atom. The van der Waals surface area contributed by atoms with E-state index in [0.717, 1.165) is 39.9 Å². The van der Waals surface area contributed by atoms with Gasteiger partial charge in [0, 0.05) is 10.4 Å². The molecule has 0 atom stereocenters. The van der Waals surface area contributed by atoms with E-state index in [0.29, 0.717) is 5.82 Å². The third-order valence-corrected chi connectivity index (χ3v) is 3.22. The van der Waals surface area contributed by atoms with Crippen LogP contribution in [0.3, 0.4) is 0 Å². The number of benzene rings is 1. The summed E-state index contributed by atoms with van der Waals surface area (Å²) in [5.41, 5.74) is 8.96. The zero-order valence-corrected chi connectivity index (χ0v) is 10.3. The maximum absolute atomic E-state index is 6.06. The van der Waals surface area contributed by atoms with Gasteiger partial charge in [-0.1, -0.05) is 31.0 Å². The average molecular weight is 235 g/mol. The van der Waals surface area contributed by atoms with Gasteiger partial charge in [0.05, 0.1) is 5.52 Å². The van der Waals surface area contributed by atoms with E-state index in [1.54, 1.807) is 0 Å². The molecule has 0 saturated carbocycles. The fourth-order valence-corrected chi connectivity index (χ4v) is 2.04. The van der Waals surface area contributed by atoms with Crippen molar-refractivity contribution < 1.29 is 0 Å². The van der Waals surface area contributed by atoms with Gasteiger partial charge in [0.1, 0.15) is 5.82 Å². The third kappa shape index (κ3) is 1.85. The van der Waals surface area contributed by atoms with E-state index in [9.17, 15) is 0 Å². The normalized spacial score (nSPS) is 10.9. The molecule has 2 N–H and O–H groups in total. The van der Waals surface area contributed by atoms with Crippen molar-refractivity contribution in [3.05, 3.63) is 34.3 Å². The number of pyridine rings is 1. The monoisotopic (exact) mass is 234 g/mol. The Hall–Kier alpha value is -1.28. The summed E-state index contributed by atoms with van der Waals surface area (Å²) in [7, 11) is 0. The molecular formula is C13H15ClN2. The molecule has 0 unspecified atom stereocenters. The number of hydrogen-bond donors (Lipinski definition) is 1. The fraction of sp³-hybridized carbons (Fsp3) is 0.308. The van der Waals surface area contributed by atoms with Gasteiger partial charge in [0.25, 0.3) is 0 Å². The predicted molar refractivity (Wildman–Crippen MR) is 69.9 cm³/mol. The van der Waals surface area contributed by atoms with Gasteiger partial charge < -0.3 is 5.73 Å². The van der Waals surface area contributed by atoms with Crippen LogP contribution in [-0.4, -0.2) is 4.98 Å². The van der Waals surface area contributed by atoms with E-state index in [4.69, 9.17) is 17.3 Å². The highest BCUT2D eigenvalue weighted by molar-refractivity contribution is 6.32. The minimum Gasteiger partial charge on any atom is -0.383 e. The number of nitrogen functional groups attached to an aromatic ring is 1. The van der Waals surface area contributed by atoms with Crippen LogP contribution in [0.4, 0.5) is 5.82 Å². The Labute approximate surface area is 100 Å². The lowest BCUT2D eigenvalue weighted by molar-refractivity contribution is 0.921. The molecule has 0 fully saturated rings. The minimum absolute atomic E-state index is 0.625. The Balaban J connectivity index is 2.69. The van der Waals surface area contributed by atoms with Gasteiger partial charge in [-0.05, 0) is 36.6 Å². The zero-order valence-electron chi connectivity index (χ0n) is 9.55. The first-order valence-corrected chi connectivity index (χ1v) is 5.85. The second-order valence-electron chi connectivity index (χ2n) is 4.03. The van der Waals surface area contributed by atoms with Gasteiger partial charge in [-0.3, -0.25) is 0 Å². The summed E-state index contributed by atoms with van der Waals surface area (Å²) < 4.78 is 0. The number of aromatic nitrogens is 1. The summed E-state index contributed by atoms with van der Waals surface area (Å²) in [6, 6.07) is 6.02. The van der Waals surface area contributed by atoms with Crippen molar-refractivity contribution in [2.75, 3.05) is 5.73 Å². The van der Waals surface area contributed by atoms with Crippen molar-refractivity contribution in [3.63, 3.8) is 0 Å². The molecule has 84 valence electrons. The summed E-state index contributed by atoms with van der Waals surface area (Å²) in [6.45, 7) is 4.10. The van der Waals surface area contributed by atoms with E-state index in [-0.39, 0.29) is 0 Å². The lowest BCUT2D eigenvalue weighted by Crippen LogP contribution is -1.99. The molecule has 3 heteroatoms. The van der Waals surface area contributed by atoms with Crippen LogP contribution in [0.2, 0.25) is 5.02 Å². The summed E-state index contributed by atoms with van der Waals surface area (Å²) in [4.78, 5) is 4.45. The molecule has 16 heavy (non-hydrogen) atoms. The summed E-state index contributed by atoms with van der Waals surface area (Å²) >= 11 is 6.06. The highest BCUT2D eigenvalue weighted by Gasteiger charge is 2.07. The number of hydrogen-bond acceptors (Lipinski definition) is 2. The second-order valence-corrected chi connectivity index (χ2v) is 4.43. The number of nitrogens with zero attached hydrogens (tertiary/aromatic N) is 1. The predicted octanol–water partition coefficient (Wildman–Crippen LogP) is 3.73. The van der Waals surface area contributed by atoms with E-state index >= 15 is 0 Å². The Kier molecular flexibility index (Phi) is 3.01. The van der Waals surface area contributed by atoms with Gasteiger partial charge in [-0.15, -0.1) is 0 Å². The molecule has 0 saturated heterocycles. The van der Waals surface area contributed by atoms with Crippen LogP contribution in [0.1, 0.15) is 24.5 Å². The number of rotatable bonds is 2. The lowest BCUT2D eigenvalue weighted by Gasteiger charge is -2.08. The molecule has 0 radical (unpaired) electrons. The molecule has 0 aliphatic rings. The molecule has 2 rings (SSSR count). The van der Waals surface area contributed by atoms with Crippen LogP contribution in [0, 0.1) is 6.92 Å². The van der Waals surface area contributed by atoms with Crippen molar-refractivity contribution in [1.29, 1.82) is 0 Å². The average Bonchev–Trinajstić information content (AvgIpc) is 2.26. The van der Waals surface area contributed by atoms with Crippen LogP contribution in [0.5, 0.6) is 0 Å². The number of anilines is 1. The maximum atomic E-state index is 6.06. The molecule has 0 bridgehead atoms.